The van der Waals surface area contributed by atoms with Crippen molar-refractivity contribution in [1.29, 1.82) is 0 Å². The van der Waals surface area contributed by atoms with Gasteiger partial charge in [-0.2, -0.15) is 0 Å². The molecule has 1 heterocycles. The fourth-order valence-corrected chi connectivity index (χ4v) is 2.79. The van der Waals surface area contributed by atoms with E-state index in [1.807, 2.05) is 24.3 Å². The van der Waals surface area contributed by atoms with Crippen LogP contribution in [0.2, 0.25) is 0 Å². The van der Waals surface area contributed by atoms with Crippen LogP contribution in [0.15, 0.2) is 48.5 Å². The zero-order valence-electron chi connectivity index (χ0n) is 14.7. The molecule has 0 saturated carbocycles. The molecule has 1 aliphatic rings. The molecule has 0 bridgehead atoms. The molecule has 6 heteroatoms. The minimum atomic E-state index is -0.195. The van der Waals surface area contributed by atoms with Crippen molar-refractivity contribution >= 4 is 17.5 Å². The molecule has 0 spiro atoms. The van der Waals surface area contributed by atoms with Gasteiger partial charge in [-0.15, -0.1) is 0 Å². The average molecular weight is 354 g/mol. The van der Waals surface area contributed by atoms with Crippen LogP contribution in [0, 0.1) is 0 Å². The Labute approximate surface area is 152 Å². The molecule has 2 amide bonds. The molecule has 0 aromatic heterocycles. The second-order valence-electron chi connectivity index (χ2n) is 6.06. The highest BCUT2D eigenvalue weighted by atomic mass is 16.5. The lowest BCUT2D eigenvalue weighted by Gasteiger charge is -2.16. The molecule has 0 atom stereocenters. The van der Waals surface area contributed by atoms with Gasteiger partial charge in [-0.3, -0.25) is 9.59 Å². The van der Waals surface area contributed by atoms with Gasteiger partial charge in [-0.05, 0) is 48.4 Å². The molecule has 1 saturated heterocycles. The third-order valence-corrected chi connectivity index (χ3v) is 4.24. The zero-order chi connectivity index (χ0) is 18.4. The molecular weight excluding hydrogens is 332 g/mol. The van der Waals surface area contributed by atoms with E-state index in [0.717, 1.165) is 30.0 Å². The summed E-state index contributed by atoms with van der Waals surface area (Å²) < 4.78 is 10.5. The first-order valence-electron chi connectivity index (χ1n) is 8.58. The zero-order valence-corrected chi connectivity index (χ0v) is 14.7. The number of carbonyl (C=O) groups is 2. The number of nitrogens with zero attached hydrogens (tertiary/aromatic N) is 1. The topological polar surface area (TPSA) is 67.9 Å². The molecule has 1 fully saturated rings. The van der Waals surface area contributed by atoms with E-state index in [-0.39, 0.29) is 18.4 Å². The Morgan fingerprint density at radius 3 is 2.38 bits per heavy atom. The normalized spacial score (nSPS) is 13.6. The van der Waals surface area contributed by atoms with Crippen molar-refractivity contribution in [2.45, 2.75) is 19.4 Å². The summed E-state index contributed by atoms with van der Waals surface area (Å²) in [6, 6.07) is 14.7. The van der Waals surface area contributed by atoms with Crippen LogP contribution in [0.25, 0.3) is 0 Å². The average Bonchev–Trinajstić information content (AvgIpc) is 3.11. The SMILES string of the molecule is COc1ccc(OCC(=O)NCc2ccc(N3CCCC3=O)cc2)cc1. The standard InChI is InChI=1S/C20H22N2O4/c1-25-17-8-10-18(11-9-17)26-14-19(23)21-13-15-4-6-16(7-5-15)22-12-2-3-20(22)24/h4-11H,2-3,12-14H2,1H3,(H,21,23). The van der Waals surface area contributed by atoms with Crippen LogP contribution in [0.4, 0.5) is 5.69 Å². The second-order valence-corrected chi connectivity index (χ2v) is 6.06. The summed E-state index contributed by atoms with van der Waals surface area (Å²) >= 11 is 0. The summed E-state index contributed by atoms with van der Waals surface area (Å²) in [4.78, 5) is 25.5. The van der Waals surface area contributed by atoms with Crippen LogP contribution < -0.4 is 19.7 Å². The summed E-state index contributed by atoms with van der Waals surface area (Å²) in [7, 11) is 1.60. The maximum Gasteiger partial charge on any atom is 0.258 e. The Morgan fingerprint density at radius 1 is 1.08 bits per heavy atom. The Bertz CT molecular complexity index is 756. The lowest BCUT2D eigenvalue weighted by atomic mass is 10.2. The molecule has 3 rings (SSSR count). The number of methoxy groups -OCH3 is 1. The summed E-state index contributed by atoms with van der Waals surface area (Å²) in [5, 5.41) is 2.82. The van der Waals surface area contributed by atoms with Crippen molar-refractivity contribution in [3.05, 3.63) is 54.1 Å². The first kappa shape index (κ1) is 17.8. The van der Waals surface area contributed by atoms with Crippen molar-refractivity contribution in [3.8, 4) is 11.5 Å². The molecule has 1 aliphatic heterocycles. The van der Waals surface area contributed by atoms with Crippen molar-refractivity contribution < 1.29 is 19.1 Å². The number of nitrogens with one attached hydrogen (secondary N) is 1. The maximum atomic E-state index is 11.9. The van der Waals surface area contributed by atoms with Crippen LogP contribution in [0.1, 0.15) is 18.4 Å². The lowest BCUT2D eigenvalue weighted by molar-refractivity contribution is -0.123. The fraction of sp³-hybridized carbons (Fsp3) is 0.300. The smallest absolute Gasteiger partial charge is 0.258 e. The van der Waals surface area contributed by atoms with Crippen molar-refractivity contribution in [2.24, 2.45) is 0 Å². The highest BCUT2D eigenvalue weighted by Crippen LogP contribution is 2.21. The molecule has 26 heavy (non-hydrogen) atoms. The quantitative estimate of drug-likeness (QED) is 0.830. The Hall–Kier alpha value is -3.02. The molecular formula is C20H22N2O4. The molecule has 0 aliphatic carbocycles. The van der Waals surface area contributed by atoms with E-state index in [4.69, 9.17) is 9.47 Å². The van der Waals surface area contributed by atoms with Crippen LogP contribution in [0.5, 0.6) is 11.5 Å². The van der Waals surface area contributed by atoms with E-state index >= 15 is 0 Å². The van der Waals surface area contributed by atoms with Gasteiger partial charge in [0.2, 0.25) is 5.91 Å². The molecule has 1 N–H and O–H groups in total. The third-order valence-electron chi connectivity index (χ3n) is 4.24. The molecule has 0 radical (unpaired) electrons. The van der Waals surface area contributed by atoms with Crippen molar-refractivity contribution in [3.63, 3.8) is 0 Å². The van der Waals surface area contributed by atoms with E-state index in [1.54, 1.807) is 36.3 Å². The van der Waals surface area contributed by atoms with E-state index in [0.29, 0.717) is 18.7 Å². The minimum Gasteiger partial charge on any atom is -0.497 e. The number of amides is 2. The van der Waals surface area contributed by atoms with Crippen LogP contribution >= 0.6 is 0 Å². The minimum absolute atomic E-state index is 0.0489. The van der Waals surface area contributed by atoms with Gasteiger partial charge in [0, 0.05) is 25.2 Å². The third kappa shape index (κ3) is 4.53. The molecule has 136 valence electrons. The predicted octanol–water partition coefficient (Wildman–Crippen LogP) is 2.52. The number of carbonyl (C=O) groups excluding carboxylic acids is 2. The first-order valence-corrected chi connectivity index (χ1v) is 8.58. The number of hydrogen-bond donors (Lipinski definition) is 1. The van der Waals surface area contributed by atoms with Crippen LogP contribution in [-0.2, 0) is 16.1 Å². The number of benzene rings is 2. The summed E-state index contributed by atoms with van der Waals surface area (Å²) in [5.41, 5.74) is 1.88. The van der Waals surface area contributed by atoms with Crippen LogP contribution in [0.3, 0.4) is 0 Å². The number of anilines is 1. The van der Waals surface area contributed by atoms with Gasteiger partial charge in [0.1, 0.15) is 11.5 Å². The Kier molecular flexibility index (Phi) is 5.73. The number of hydrogen-bond acceptors (Lipinski definition) is 4. The number of ether oxygens (including phenoxy) is 2. The summed E-state index contributed by atoms with van der Waals surface area (Å²) in [5.74, 6) is 1.32. The van der Waals surface area contributed by atoms with Gasteiger partial charge in [0.15, 0.2) is 6.61 Å². The molecule has 0 unspecified atom stereocenters. The Balaban J connectivity index is 1.44. The van der Waals surface area contributed by atoms with Gasteiger partial charge in [-0.25, -0.2) is 0 Å². The van der Waals surface area contributed by atoms with Gasteiger partial charge < -0.3 is 19.7 Å². The van der Waals surface area contributed by atoms with Crippen molar-refractivity contribution in [1.82, 2.24) is 5.32 Å². The van der Waals surface area contributed by atoms with Gasteiger partial charge in [-0.1, -0.05) is 12.1 Å². The second kappa shape index (κ2) is 8.38. The van der Waals surface area contributed by atoms with Crippen molar-refractivity contribution in [2.75, 3.05) is 25.2 Å². The lowest BCUT2D eigenvalue weighted by Crippen LogP contribution is -2.28. The van der Waals surface area contributed by atoms with Gasteiger partial charge in [0.05, 0.1) is 7.11 Å². The molecule has 2 aromatic carbocycles. The molecule has 6 nitrogen and oxygen atoms in total. The van der Waals surface area contributed by atoms with E-state index < -0.39 is 0 Å². The highest BCUT2D eigenvalue weighted by molar-refractivity contribution is 5.95. The summed E-state index contributed by atoms with van der Waals surface area (Å²) in [6.07, 6.45) is 1.52. The maximum absolute atomic E-state index is 11.9. The van der Waals surface area contributed by atoms with Crippen LogP contribution in [-0.4, -0.2) is 32.1 Å². The highest BCUT2D eigenvalue weighted by Gasteiger charge is 2.21. The fourth-order valence-electron chi connectivity index (χ4n) is 2.79. The largest absolute Gasteiger partial charge is 0.497 e. The predicted molar refractivity (Wildman–Crippen MR) is 98.4 cm³/mol. The van der Waals surface area contributed by atoms with Gasteiger partial charge in [0.25, 0.3) is 5.91 Å². The number of rotatable bonds is 7. The van der Waals surface area contributed by atoms with Gasteiger partial charge >= 0.3 is 0 Å². The first-order chi connectivity index (χ1) is 12.7. The molecule has 2 aromatic rings. The van der Waals surface area contributed by atoms with E-state index in [2.05, 4.69) is 5.32 Å². The summed E-state index contributed by atoms with van der Waals surface area (Å²) in [6.45, 7) is 1.14. The van der Waals surface area contributed by atoms with E-state index in [9.17, 15) is 9.59 Å². The monoisotopic (exact) mass is 354 g/mol. The van der Waals surface area contributed by atoms with E-state index in [1.165, 1.54) is 0 Å². The Morgan fingerprint density at radius 2 is 1.77 bits per heavy atom.